The van der Waals surface area contributed by atoms with Crippen molar-refractivity contribution < 1.29 is 37.0 Å². The fraction of sp³-hybridized carbons (Fsp3) is 0.475. The number of halogens is 3. The Bertz CT molecular complexity index is 2030. The van der Waals surface area contributed by atoms with Gasteiger partial charge in [0, 0.05) is 69.2 Å². The van der Waals surface area contributed by atoms with E-state index in [0.717, 1.165) is 32.5 Å². The molecule has 3 aliphatic heterocycles. The molecule has 304 valence electrons. The summed E-state index contributed by atoms with van der Waals surface area (Å²) in [5, 5.41) is 10.7. The predicted octanol–water partition coefficient (Wildman–Crippen LogP) is 4.48. The molecule has 14 nitrogen and oxygen atoms in total. The van der Waals surface area contributed by atoms with Crippen molar-refractivity contribution in [2.75, 3.05) is 76.3 Å². The van der Waals surface area contributed by atoms with Crippen LogP contribution >= 0.6 is 0 Å². The smallest absolute Gasteiger partial charge is 0.429 e. The summed E-state index contributed by atoms with van der Waals surface area (Å²) >= 11 is 0. The number of aromatic nitrogens is 4. The van der Waals surface area contributed by atoms with Crippen LogP contribution in [0.3, 0.4) is 0 Å². The van der Waals surface area contributed by atoms with Crippen LogP contribution in [-0.4, -0.2) is 114 Å². The second-order valence-corrected chi connectivity index (χ2v) is 14.8. The van der Waals surface area contributed by atoms with Gasteiger partial charge in [0.2, 0.25) is 17.9 Å². The predicted molar refractivity (Wildman–Crippen MR) is 206 cm³/mol. The van der Waals surface area contributed by atoms with Crippen molar-refractivity contribution in [3.63, 3.8) is 0 Å². The number of aryl methyl sites for hydroxylation is 1. The van der Waals surface area contributed by atoms with E-state index in [4.69, 9.17) is 19.9 Å². The number of piperidine rings is 1. The maximum Gasteiger partial charge on any atom is 0.429 e. The Kier molecular flexibility index (Phi) is 12.0. The summed E-state index contributed by atoms with van der Waals surface area (Å²) in [6.07, 6.45) is -3.57. The molecule has 3 fully saturated rings. The van der Waals surface area contributed by atoms with Crippen molar-refractivity contribution in [3.8, 4) is 22.7 Å². The molecule has 2 aromatic heterocycles. The monoisotopic (exact) mass is 791 g/mol. The lowest BCUT2D eigenvalue weighted by Crippen LogP contribution is -2.41. The summed E-state index contributed by atoms with van der Waals surface area (Å²) < 4.78 is 62.9. The SMILES string of the molecule is CCOC(=O)[C@@H]1CC2(CCN(c3cc(O[C@H](c4ccc(-c5ccc(C(=O)NCCN6CCOCC6)cc5)cc4-n4ccc(C)n4)C(F)(F)F)nc(N)n3)CC2)CN1. The Labute approximate surface area is 328 Å². The maximum absolute atomic E-state index is 15.1. The molecule has 1 amide bonds. The molecule has 2 atom stereocenters. The highest BCUT2D eigenvalue weighted by Crippen LogP contribution is 2.43. The molecule has 1 spiro atoms. The maximum atomic E-state index is 15.1. The largest absolute Gasteiger partial charge is 0.465 e. The van der Waals surface area contributed by atoms with Crippen molar-refractivity contribution in [3.05, 3.63) is 77.6 Å². The van der Waals surface area contributed by atoms with Crippen LogP contribution in [0.15, 0.2) is 60.8 Å². The molecular weight excluding hydrogens is 743 g/mol. The molecule has 0 saturated carbocycles. The molecule has 7 rings (SSSR count). The molecule has 0 aliphatic carbocycles. The number of anilines is 2. The molecule has 0 radical (unpaired) electrons. The van der Waals surface area contributed by atoms with Gasteiger partial charge in [0.1, 0.15) is 11.9 Å². The zero-order valence-electron chi connectivity index (χ0n) is 32.1. The summed E-state index contributed by atoms with van der Waals surface area (Å²) in [4.78, 5) is 37.8. The molecule has 4 N–H and O–H groups in total. The molecular formula is C40H48F3N9O5. The highest BCUT2D eigenvalue weighted by molar-refractivity contribution is 5.94. The van der Waals surface area contributed by atoms with Crippen molar-refractivity contribution in [1.82, 2.24) is 35.3 Å². The van der Waals surface area contributed by atoms with Gasteiger partial charge < -0.3 is 35.5 Å². The highest BCUT2D eigenvalue weighted by atomic mass is 19.4. The molecule has 3 aliphatic rings. The number of nitrogen functional groups attached to an aromatic ring is 1. The Morgan fingerprint density at radius 3 is 2.46 bits per heavy atom. The number of alkyl halides is 3. The van der Waals surface area contributed by atoms with Crippen LogP contribution in [0.25, 0.3) is 16.8 Å². The first-order valence-electron chi connectivity index (χ1n) is 19.3. The van der Waals surface area contributed by atoms with Gasteiger partial charge in [0.15, 0.2) is 0 Å². The topological polar surface area (TPSA) is 162 Å². The highest BCUT2D eigenvalue weighted by Gasteiger charge is 2.46. The van der Waals surface area contributed by atoms with E-state index < -0.39 is 12.3 Å². The number of carbonyl (C=O) groups is 2. The van der Waals surface area contributed by atoms with Gasteiger partial charge in [-0.05, 0) is 73.9 Å². The molecule has 3 saturated heterocycles. The third-order valence-electron chi connectivity index (χ3n) is 10.9. The fourth-order valence-corrected chi connectivity index (χ4v) is 7.76. The van der Waals surface area contributed by atoms with Crippen molar-refractivity contribution in [2.24, 2.45) is 5.41 Å². The number of hydrogen-bond donors (Lipinski definition) is 3. The Morgan fingerprint density at radius 2 is 1.77 bits per heavy atom. The molecule has 2 aromatic carbocycles. The Balaban J connectivity index is 1.09. The zero-order chi connectivity index (χ0) is 40.2. The first kappa shape index (κ1) is 40.0. The summed E-state index contributed by atoms with van der Waals surface area (Å²) in [5.74, 6) is -0.658. The second kappa shape index (κ2) is 17.1. The minimum Gasteiger partial charge on any atom is -0.465 e. The standard InChI is InChI=1S/C40H48F3N9O5/c1-3-56-37(54)31-24-39(25-46-31)11-15-51(16-12-39)33-23-34(48-38(44)47-33)57-35(40(41,42)43)30-9-8-29(22-32(30)52-14-10-26(2)49-52)27-4-6-28(7-5-27)36(53)45-13-17-50-18-20-55-21-19-50/h4-10,14,22-23,31,35,46H,3,11-13,15-21,24-25H2,1-2H3,(H,45,53)(H2,44,47,48)/t31-,35+/m0/s1. The third kappa shape index (κ3) is 9.48. The number of rotatable bonds is 12. The van der Waals surface area contributed by atoms with Crippen molar-refractivity contribution >= 4 is 23.6 Å². The summed E-state index contributed by atoms with van der Waals surface area (Å²) in [6, 6.07) is 14.2. The van der Waals surface area contributed by atoms with E-state index in [1.54, 1.807) is 62.5 Å². The average molecular weight is 792 g/mol. The lowest BCUT2D eigenvalue weighted by atomic mass is 9.76. The van der Waals surface area contributed by atoms with E-state index in [0.29, 0.717) is 80.6 Å². The van der Waals surface area contributed by atoms with E-state index >= 15 is 13.2 Å². The molecule has 5 heterocycles. The van der Waals surface area contributed by atoms with Gasteiger partial charge in [-0.3, -0.25) is 14.5 Å². The Morgan fingerprint density at radius 1 is 1.04 bits per heavy atom. The van der Waals surface area contributed by atoms with Crippen LogP contribution in [0, 0.1) is 12.3 Å². The number of amides is 1. The number of morpholine rings is 1. The van der Waals surface area contributed by atoms with E-state index in [9.17, 15) is 9.59 Å². The van der Waals surface area contributed by atoms with Crippen LogP contribution in [0.2, 0.25) is 0 Å². The van der Waals surface area contributed by atoms with Crippen LogP contribution in [-0.2, 0) is 14.3 Å². The van der Waals surface area contributed by atoms with Gasteiger partial charge in [0.05, 0.1) is 31.2 Å². The molecule has 57 heavy (non-hydrogen) atoms. The summed E-state index contributed by atoms with van der Waals surface area (Å²) in [5.41, 5.74) is 8.33. The van der Waals surface area contributed by atoms with Crippen molar-refractivity contribution in [2.45, 2.75) is 51.4 Å². The van der Waals surface area contributed by atoms with Gasteiger partial charge in [-0.1, -0.05) is 24.3 Å². The zero-order valence-corrected chi connectivity index (χ0v) is 32.1. The second-order valence-electron chi connectivity index (χ2n) is 14.8. The number of esters is 1. The number of nitrogens with one attached hydrogen (secondary N) is 2. The van der Waals surface area contributed by atoms with E-state index in [1.807, 2.05) is 4.90 Å². The lowest BCUT2D eigenvalue weighted by Gasteiger charge is -2.39. The van der Waals surface area contributed by atoms with Crippen molar-refractivity contribution in [1.29, 1.82) is 0 Å². The normalized spacial score (nSPS) is 19.0. The number of benzene rings is 2. The minimum atomic E-state index is -4.86. The summed E-state index contributed by atoms with van der Waals surface area (Å²) in [6.45, 7) is 9.87. The lowest BCUT2D eigenvalue weighted by molar-refractivity contribution is -0.198. The van der Waals surface area contributed by atoms with Gasteiger partial charge in [0.25, 0.3) is 5.91 Å². The Hall–Kier alpha value is -5.26. The minimum absolute atomic E-state index is 0.0967. The van der Waals surface area contributed by atoms with Gasteiger partial charge >= 0.3 is 12.1 Å². The van der Waals surface area contributed by atoms with E-state index in [-0.39, 0.29) is 46.4 Å². The first-order chi connectivity index (χ1) is 27.4. The average Bonchev–Trinajstić information content (AvgIpc) is 3.83. The van der Waals surface area contributed by atoms with Gasteiger partial charge in [-0.2, -0.15) is 28.2 Å². The van der Waals surface area contributed by atoms with Gasteiger partial charge in [-0.15, -0.1) is 0 Å². The molecule has 0 unspecified atom stereocenters. The van der Waals surface area contributed by atoms with Gasteiger partial charge in [-0.25, -0.2) is 4.68 Å². The van der Waals surface area contributed by atoms with Crippen LogP contribution in [0.4, 0.5) is 24.9 Å². The molecule has 4 aromatic rings. The number of carbonyl (C=O) groups excluding carboxylic acids is 2. The quantitative estimate of drug-likeness (QED) is 0.173. The number of hydrogen-bond acceptors (Lipinski definition) is 12. The van der Waals surface area contributed by atoms with Crippen LogP contribution < -0.4 is 26.0 Å². The van der Waals surface area contributed by atoms with Crippen LogP contribution in [0.1, 0.15) is 53.9 Å². The van der Waals surface area contributed by atoms with Crippen LogP contribution in [0.5, 0.6) is 5.88 Å². The van der Waals surface area contributed by atoms with E-state index in [2.05, 4.69) is 30.6 Å². The molecule has 0 bridgehead atoms. The number of nitrogens with zero attached hydrogens (tertiary/aromatic N) is 6. The number of ether oxygens (including phenoxy) is 3. The third-order valence-corrected chi connectivity index (χ3v) is 10.9. The van der Waals surface area contributed by atoms with E-state index in [1.165, 1.54) is 16.8 Å². The molecule has 17 heteroatoms. The number of nitrogens with two attached hydrogens (primary N) is 1. The summed E-state index contributed by atoms with van der Waals surface area (Å²) in [7, 11) is 0. The fourth-order valence-electron chi connectivity index (χ4n) is 7.76. The first-order valence-corrected chi connectivity index (χ1v) is 19.3.